The Balaban J connectivity index is 2.10. The minimum Gasteiger partial charge on any atom is -0.388 e. The molecule has 1 aliphatic heterocycles. The highest BCUT2D eigenvalue weighted by atomic mass is 19.1. The molecule has 2 unspecified atom stereocenters. The van der Waals surface area contributed by atoms with Crippen LogP contribution in [0.15, 0.2) is 11.8 Å². The van der Waals surface area contributed by atoms with Crippen LogP contribution in [0.3, 0.4) is 0 Å². The van der Waals surface area contributed by atoms with E-state index in [1.54, 1.807) is 0 Å². The number of allylic oxidation sites excluding steroid dienone is 2. The van der Waals surface area contributed by atoms with Gasteiger partial charge in [0.25, 0.3) is 0 Å². The first-order valence-electron chi connectivity index (χ1n) is 4.91. The Kier molecular flexibility index (Phi) is 2.33. The Morgan fingerprint density at radius 2 is 2.42 bits per heavy atom. The summed E-state index contributed by atoms with van der Waals surface area (Å²) in [6.45, 7) is 0.834. The van der Waals surface area contributed by atoms with Crippen LogP contribution in [0.5, 0.6) is 0 Å². The molecule has 12 heavy (non-hydrogen) atoms. The first-order valence-corrected chi connectivity index (χ1v) is 4.91. The Morgan fingerprint density at radius 3 is 3.25 bits per heavy atom. The number of nitrogens with one attached hydrogen (secondary N) is 1. The Morgan fingerprint density at radius 1 is 1.50 bits per heavy atom. The van der Waals surface area contributed by atoms with Gasteiger partial charge in [-0.1, -0.05) is 6.08 Å². The predicted molar refractivity (Wildman–Crippen MR) is 47.5 cm³/mol. The van der Waals surface area contributed by atoms with Crippen molar-refractivity contribution in [2.75, 3.05) is 13.2 Å². The standard InChI is InChI=1S/C10H16FN/c11-7-8-5-6-12-10-4-2-1-3-9(8)10/h4,8-9,12H,1-3,5-7H2. The predicted octanol–water partition coefficient (Wildman–Crippen LogP) is 2.25. The lowest BCUT2D eigenvalue weighted by Gasteiger charge is -2.35. The van der Waals surface area contributed by atoms with Gasteiger partial charge >= 0.3 is 0 Å². The molecule has 0 aromatic carbocycles. The first-order chi connectivity index (χ1) is 5.92. The van der Waals surface area contributed by atoms with Crippen LogP contribution in [-0.2, 0) is 0 Å². The highest BCUT2D eigenvalue weighted by Gasteiger charge is 2.29. The van der Waals surface area contributed by atoms with E-state index in [-0.39, 0.29) is 6.67 Å². The van der Waals surface area contributed by atoms with Crippen LogP contribution in [0.4, 0.5) is 4.39 Å². The molecule has 0 spiro atoms. The van der Waals surface area contributed by atoms with E-state index in [0.717, 1.165) is 13.0 Å². The Labute approximate surface area is 73.0 Å². The summed E-state index contributed by atoms with van der Waals surface area (Å²) < 4.78 is 12.6. The van der Waals surface area contributed by atoms with Gasteiger partial charge in [-0.2, -0.15) is 0 Å². The van der Waals surface area contributed by atoms with Crippen molar-refractivity contribution < 1.29 is 4.39 Å². The molecule has 1 nitrogen and oxygen atoms in total. The van der Waals surface area contributed by atoms with Gasteiger partial charge in [-0.05, 0) is 31.6 Å². The van der Waals surface area contributed by atoms with Gasteiger partial charge in [-0.25, -0.2) is 0 Å². The molecule has 0 radical (unpaired) electrons. The maximum absolute atomic E-state index is 12.6. The van der Waals surface area contributed by atoms with Gasteiger partial charge in [0.1, 0.15) is 0 Å². The lowest BCUT2D eigenvalue weighted by atomic mass is 9.78. The molecule has 0 aromatic rings. The van der Waals surface area contributed by atoms with Crippen LogP contribution in [0, 0.1) is 11.8 Å². The van der Waals surface area contributed by atoms with Crippen molar-refractivity contribution in [3.8, 4) is 0 Å². The number of fused-ring (bicyclic) bond motifs is 1. The van der Waals surface area contributed by atoms with Crippen LogP contribution in [0.1, 0.15) is 25.7 Å². The van der Waals surface area contributed by atoms with Gasteiger partial charge in [0.15, 0.2) is 0 Å². The second-order valence-electron chi connectivity index (χ2n) is 3.83. The number of rotatable bonds is 1. The van der Waals surface area contributed by atoms with Gasteiger partial charge in [0.05, 0.1) is 6.67 Å². The molecule has 1 heterocycles. The summed E-state index contributed by atoms with van der Waals surface area (Å²) in [4.78, 5) is 0. The lowest BCUT2D eigenvalue weighted by molar-refractivity contribution is 0.219. The molecule has 1 aliphatic carbocycles. The van der Waals surface area contributed by atoms with Gasteiger partial charge < -0.3 is 5.32 Å². The smallest absolute Gasteiger partial charge is 0.0929 e. The quantitative estimate of drug-likeness (QED) is 0.635. The van der Waals surface area contributed by atoms with Crippen LogP contribution in [-0.4, -0.2) is 13.2 Å². The van der Waals surface area contributed by atoms with Gasteiger partial charge in [0, 0.05) is 18.2 Å². The van der Waals surface area contributed by atoms with E-state index in [1.807, 2.05) is 0 Å². The maximum atomic E-state index is 12.6. The largest absolute Gasteiger partial charge is 0.388 e. The van der Waals surface area contributed by atoms with E-state index in [2.05, 4.69) is 11.4 Å². The lowest BCUT2D eigenvalue weighted by Crippen LogP contribution is -2.36. The third-order valence-electron chi connectivity index (χ3n) is 3.09. The third kappa shape index (κ3) is 1.35. The average Bonchev–Trinajstić information content (AvgIpc) is 2.17. The number of hydrogen-bond donors (Lipinski definition) is 1. The number of piperidine rings is 1. The summed E-state index contributed by atoms with van der Waals surface area (Å²) in [6, 6.07) is 0. The zero-order valence-electron chi connectivity index (χ0n) is 7.35. The van der Waals surface area contributed by atoms with Crippen LogP contribution in [0.2, 0.25) is 0 Å². The number of hydrogen-bond acceptors (Lipinski definition) is 1. The summed E-state index contributed by atoms with van der Waals surface area (Å²) >= 11 is 0. The van der Waals surface area contributed by atoms with Crippen LogP contribution < -0.4 is 5.32 Å². The van der Waals surface area contributed by atoms with Crippen molar-refractivity contribution in [1.29, 1.82) is 0 Å². The molecular formula is C10H16FN. The van der Waals surface area contributed by atoms with Crippen molar-refractivity contribution in [3.63, 3.8) is 0 Å². The molecule has 2 atom stereocenters. The minimum atomic E-state index is -0.135. The van der Waals surface area contributed by atoms with E-state index < -0.39 is 0 Å². The third-order valence-corrected chi connectivity index (χ3v) is 3.09. The molecule has 0 bridgehead atoms. The zero-order chi connectivity index (χ0) is 8.39. The van der Waals surface area contributed by atoms with Crippen molar-refractivity contribution >= 4 is 0 Å². The summed E-state index contributed by atoms with van der Waals surface area (Å²) in [5, 5.41) is 3.38. The average molecular weight is 169 g/mol. The minimum absolute atomic E-state index is 0.135. The van der Waals surface area contributed by atoms with Gasteiger partial charge in [0.2, 0.25) is 0 Å². The zero-order valence-corrected chi connectivity index (χ0v) is 7.35. The fourth-order valence-corrected chi connectivity index (χ4v) is 2.38. The fraction of sp³-hybridized carbons (Fsp3) is 0.800. The van der Waals surface area contributed by atoms with E-state index in [1.165, 1.54) is 25.0 Å². The molecule has 0 amide bonds. The maximum Gasteiger partial charge on any atom is 0.0929 e. The topological polar surface area (TPSA) is 12.0 Å². The number of alkyl halides is 1. The highest BCUT2D eigenvalue weighted by molar-refractivity contribution is 5.11. The van der Waals surface area contributed by atoms with Crippen molar-refractivity contribution in [3.05, 3.63) is 11.8 Å². The van der Waals surface area contributed by atoms with E-state index >= 15 is 0 Å². The highest BCUT2D eigenvalue weighted by Crippen LogP contribution is 2.34. The van der Waals surface area contributed by atoms with Crippen LogP contribution in [0.25, 0.3) is 0 Å². The monoisotopic (exact) mass is 169 g/mol. The molecule has 2 heteroatoms. The van der Waals surface area contributed by atoms with Crippen molar-refractivity contribution in [2.24, 2.45) is 11.8 Å². The number of halogens is 1. The van der Waals surface area contributed by atoms with E-state index in [0.29, 0.717) is 11.8 Å². The Bertz CT molecular complexity index is 188. The second kappa shape index (κ2) is 3.46. The summed E-state index contributed by atoms with van der Waals surface area (Å²) in [5.74, 6) is 0.815. The molecule has 1 fully saturated rings. The fourth-order valence-electron chi connectivity index (χ4n) is 2.38. The van der Waals surface area contributed by atoms with Crippen molar-refractivity contribution in [1.82, 2.24) is 5.32 Å². The SMILES string of the molecule is FCC1CCNC2=CCCCC21. The molecule has 2 rings (SSSR count). The summed E-state index contributed by atoms with van der Waals surface area (Å²) in [6.07, 6.45) is 6.88. The summed E-state index contributed by atoms with van der Waals surface area (Å²) in [7, 11) is 0. The molecule has 1 N–H and O–H groups in total. The first kappa shape index (κ1) is 8.09. The molecule has 2 aliphatic rings. The molecular weight excluding hydrogens is 153 g/mol. The second-order valence-corrected chi connectivity index (χ2v) is 3.83. The molecule has 0 aromatic heterocycles. The molecule has 1 saturated heterocycles. The van der Waals surface area contributed by atoms with Crippen LogP contribution >= 0.6 is 0 Å². The Hall–Kier alpha value is -0.530. The van der Waals surface area contributed by atoms with Gasteiger partial charge in [-0.3, -0.25) is 4.39 Å². The van der Waals surface area contributed by atoms with E-state index in [9.17, 15) is 4.39 Å². The van der Waals surface area contributed by atoms with Crippen molar-refractivity contribution in [2.45, 2.75) is 25.7 Å². The normalized spacial score (nSPS) is 34.9. The van der Waals surface area contributed by atoms with Gasteiger partial charge in [-0.15, -0.1) is 0 Å². The summed E-state index contributed by atoms with van der Waals surface area (Å²) in [5.41, 5.74) is 1.33. The molecule has 68 valence electrons. The molecule has 0 saturated carbocycles. The van der Waals surface area contributed by atoms with E-state index in [4.69, 9.17) is 0 Å².